The number of halogens is 1. The van der Waals surface area contributed by atoms with Crippen molar-refractivity contribution in [3.63, 3.8) is 0 Å². The summed E-state index contributed by atoms with van der Waals surface area (Å²) in [6.07, 6.45) is 6.46. The van der Waals surface area contributed by atoms with Crippen LogP contribution in [-0.2, 0) is 4.74 Å². The molecule has 1 fully saturated rings. The lowest BCUT2D eigenvalue weighted by Crippen LogP contribution is -2.40. The van der Waals surface area contributed by atoms with Crippen LogP contribution in [0.15, 0.2) is 30.5 Å². The average molecular weight is 428 g/mol. The zero-order chi connectivity index (χ0) is 21.3. The minimum Gasteiger partial charge on any atom is -0.450 e. The van der Waals surface area contributed by atoms with Gasteiger partial charge in [0.15, 0.2) is 0 Å². The summed E-state index contributed by atoms with van der Waals surface area (Å²) in [7, 11) is 0. The molecule has 1 atom stereocenters. The van der Waals surface area contributed by atoms with Crippen molar-refractivity contribution in [2.24, 2.45) is 5.92 Å². The summed E-state index contributed by atoms with van der Waals surface area (Å²) in [5.41, 5.74) is 3.63. The molecule has 156 valence electrons. The van der Waals surface area contributed by atoms with Crippen LogP contribution in [0.1, 0.15) is 48.1 Å². The first-order valence-corrected chi connectivity index (χ1v) is 10.4. The van der Waals surface area contributed by atoms with Gasteiger partial charge in [-0.05, 0) is 48.9 Å². The third kappa shape index (κ3) is 3.89. The Kier molecular flexibility index (Phi) is 5.72. The van der Waals surface area contributed by atoms with Crippen LogP contribution < -0.4 is 0 Å². The number of aromatic nitrogens is 1. The number of amides is 1. The highest BCUT2D eigenvalue weighted by Crippen LogP contribution is 2.43. The van der Waals surface area contributed by atoms with Crippen LogP contribution in [0.25, 0.3) is 12.2 Å². The lowest BCUT2D eigenvalue weighted by atomic mass is 9.76. The van der Waals surface area contributed by atoms with Crippen molar-refractivity contribution >= 4 is 35.5 Å². The van der Waals surface area contributed by atoms with Crippen molar-refractivity contribution in [2.45, 2.75) is 25.7 Å². The predicted octanol–water partition coefficient (Wildman–Crippen LogP) is 5.13. The summed E-state index contributed by atoms with van der Waals surface area (Å²) in [4.78, 5) is 29.2. The molecule has 1 aliphatic heterocycles. The number of ether oxygens (including phenoxy) is 1. The van der Waals surface area contributed by atoms with Crippen LogP contribution in [0.4, 0.5) is 10.5 Å². The Labute approximate surface area is 179 Å². The largest absolute Gasteiger partial charge is 0.450 e. The fraction of sp³-hybridized carbons (Fsp3) is 0.364. The summed E-state index contributed by atoms with van der Waals surface area (Å²) in [6.45, 7) is 3.38. The zero-order valence-corrected chi connectivity index (χ0v) is 17.3. The number of nitrogens with zero attached hydrogens (tertiary/aromatic N) is 3. The maximum Gasteiger partial charge on any atom is 0.409 e. The number of piperidine rings is 1. The molecule has 1 aromatic carbocycles. The molecule has 4 rings (SSSR count). The summed E-state index contributed by atoms with van der Waals surface area (Å²) in [5, 5.41) is 11.9. The molecule has 2 heterocycles. The SMILES string of the molecule is CCOC(=O)N1CCC(C2c3ccc(Cl)cc3C=Cc3cc([N+](=O)[O-])cnc32)CC1. The van der Waals surface area contributed by atoms with E-state index in [4.69, 9.17) is 16.3 Å². The van der Waals surface area contributed by atoms with Gasteiger partial charge in [0.2, 0.25) is 0 Å². The highest BCUT2D eigenvalue weighted by molar-refractivity contribution is 6.30. The number of hydrogen-bond donors (Lipinski definition) is 0. The van der Waals surface area contributed by atoms with E-state index in [-0.39, 0.29) is 23.6 Å². The van der Waals surface area contributed by atoms with Gasteiger partial charge in [0.25, 0.3) is 5.69 Å². The monoisotopic (exact) mass is 427 g/mol. The van der Waals surface area contributed by atoms with E-state index in [2.05, 4.69) is 4.98 Å². The molecule has 7 nitrogen and oxygen atoms in total. The van der Waals surface area contributed by atoms with E-state index in [1.807, 2.05) is 30.4 Å². The minimum atomic E-state index is -0.428. The van der Waals surface area contributed by atoms with Crippen molar-refractivity contribution in [1.82, 2.24) is 9.88 Å². The number of likely N-dealkylation sites (tertiary alicyclic amines) is 1. The standard InChI is InChI=1S/C22H22ClN3O4/c1-2-30-22(27)25-9-7-14(8-10-25)20-19-6-5-17(23)11-15(19)3-4-16-12-18(26(28)29)13-24-21(16)20/h3-6,11-14,20H,2,7-10H2,1H3. The third-order valence-electron chi connectivity index (χ3n) is 5.80. The van der Waals surface area contributed by atoms with Gasteiger partial charge in [-0.3, -0.25) is 15.1 Å². The van der Waals surface area contributed by atoms with Gasteiger partial charge in [-0.15, -0.1) is 0 Å². The lowest BCUT2D eigenvalue weighted by Gasteiger charge is -2.36. The molecule has 1 amide bonds. The molecule has 2 aromatic rings. The fourth-order valence-electron chi connectivity index (χ4n) is 4.38. The number of hydrogen-bond acceptors (Lipinski definition) is 5. The van der Waals surface area contributed by atoms with Crippen molar-refractivity contribution < 1.29 is 14.5 Å². The lowest BCUT2D eigenvalue weighted by molar-refractivity contribution is -0.385. The molecule has 0 saturated carbocycles. The molecule has 0 spiro atoms. The number of fused-ring (bicyclic) bond motifs is 2. The van der Waals surface area contributed by atoms with Crippen LogP contribution in [0.3, 0.4) is 0 Å². The molecule has 0 N–H and O–H groups in total. The van der Waals surface area contributed by atoms with E-state index >= 15 is 0 Å². The van der Waals surface area contributed by atoms with Crippen LogP contribution >= 0.6 is 11.6 Å². The van der Waals surface area contributed by atoms with Gasteiger partial charge in [0, 0.05) is 35.7 Å². The number of carbonyl (C=O) groups is 1. The molecule has 1 aliphatic carbocycles. The van der Waals surface area contributed by atoms with Gasteiger partial charge >= 0.3 is 6.09 Å². The first kappa shape index (κ1) is 20.3. The second-order valence-corrected chi connectivity index (χ2v) is 7.97. The van der Waals surface area contributed by atoms with E-state index in [9.17, 15) is 14.9 Å². The van der Waals surface area contributed by atoms with E-state index in [1.54, 1.807) is 17.9 Å². The maximum absolute atomic E-state index is 12.1. The Balaban J connectivity index is 1.71. The first-order valence-electron chi connectivity index (χ1n) is 10.0. The predicted molar refractivity (Wildman–Crippen MR) is 114 cm³/mol. The molecule has 0 bridgehead atoms. The van der Waals surface area contributed by atoms with Crippen LogP contribution in [-0.4, -0.2) is 40.6 Å². The molecular formula is C22H22ClN3O4. The van der Waals surface area contributed by atoms with Crippen LogP contribution in [0, 0.1) is 16.0 Å². The molecular weight excluding hydrogens is 406 g/mol. The normalized spacial score (nSPS) is 18.3. The molecule has 0 radical (unpaired) electrons. The summed E-state index contributed by atoms with van der Waals surface area (Å²) < 4.78 is 5.13. The molecule has 1 aromatic heterocycles. The summed E-state index contributed by atoms with van der Waals surface area (Å²) in [5.74, 6) is 0.204. The van der Waals surface area contributed by atoms with E-state index in [0.29, 0.717) is 24.7 Å². The average Bonchev–Trinajstić information content (AvgIpc) is 2.90. The first-order chi connectivity index (χ1) is 14.5. The third-order valence-corrected chi connectivity index (χ3v) is 6.04. The van der Waals surface area contributed by atoms with E-state index < -0.39 is 4.92 Å². The highest BCUT2D eigenvalue weighted by Gasteiger charge is 2.35. The van der Waals surface area contributed by atoms with Gasteiger partial charge in [0.1, 0.15) is 6.20 Å². The van der Waals surface area contributed by atoms with Gasteiger partial charge in [0.05, 0.1) is 17.2 Å². The van der Waals surface area contributed by atoms with E-state index in [1.165, 1.54) is 6.20 Å². The van der Waals surface area contributed by atoms with E-state index in [0.717, 1.165) is 35.2 Å². The Morgan fingerprint density at radius 2 is 2.00 bits per heavy atom. The second-order valence-electron chi connectivity index (χ2n) is 7.53. The van der Waals surface area contributed by atoms with Crippen molar-refractivity contribution in [1.29, 1.82) is 0 Å². The quantitative estimate of drug-likeness (QED) is 0.500. The van der Waals surface area contributed by atoms with Gasteiger partial charge in [-0.25, -0.2) is 4.79 Å². The second kappa shape index (κ2) is 8.44. The number of nitro groups is 1. The Bertz CT molecular complexity index is 1020. The summed E-state index contributed by atoms with van der Waals surface area (Å²) >= 11 is 6.23. The van der Waals surface area contributed by atoms with Gasteiger partial charge in [-0.1, -0.05) is 29.8 Å². The van der Waals surface area contributed by atoms with Crippen LogP contribution in [0.5, 0.6) is 0 Å². The Morgan fingerprint density at radius 3 is 2.70 bits per heavy atom. The Hall–Kier alpha value is -2.93. The van der Waals surface area contributed by atoms with Gasteiger partial charge < -0.3 is 9.64 Å². The number of pyridine rings is 1. The molecule has 30 heavy (non-hydrogen) atoms. The van der Waals surface area contributed by atoms with Crippen LogP contribution in [0.2, 0.25) is 5.02 Å². The zero-order valence-electron chi connectivity index (χ0n) is 16.6. The number of carbonyl (C=O) groups excluding carboxylic acids is 1. The smallest absolute Gasteiger partial charge is 0.409 e. The minimum absolute atomic E-state index is 0.0294. The molecule has 1 unspecified atom stereocenters. The number of rotatable bonds is 3. The van der Waals surface area contributed by atoms with Crippen molar-refractivity contribution in [2.75, 3.05) is 19.7 Å². The molecule has 8 heteroatoms. The number of benzene rings is 1. The summed E-state index contributed by atoms with van der Waals surface area (Å²) in [6, 6.07) is 7.37. The Morgan fingerprint density at radius 1 is 1.27 bits per heavy atom. The topological polar surface area (TPSA) is 85.6 Å². The maximum atomic E-state index is 12.1. The molecule has 2 aliphatic rings. The fourth-order valence-corrected chi connectivity index (χ4v) is 4.56. The van der Waals surface area contributed by atoms with Crippen molar-refractivity contribution in [3.8, 4) is 0 Å². The van der Waals surface area contributed by atoms with Gasteiger partial charge in [-0.2, -0.15) is 0 Å². The molecule has 1 saturated heterocycles. The van der Waals surface area contributed by atoms with Crippen molar-refractivity contribution in [3.05, 3.63) is 68.0 Å². The highest BCUT2D eigenvalue weighted by atomic mass is 35.5.